The number of imidazole rings is 1. The van der Waals surface area contributed by atoms with Crippen LogP contribution < -0.4 is 10.1 Å². The summed E-state index contributed by atoms with van der Waals surface area (Å²) in [5, 5.41) is 3.22. The Morgan fingerprint density at radius 2 is 2.16 bits per heavy atom. The molecule has 1 atom stereocenters. The van der Waals surface area contributed by atoms with E-state index >= 15 is 0 Å². The smallest absolute Gasteiger partial charge is 0.317 e. The van der Waals surface area contributed by atoms with Crippen LogP contribution in [0.2, 0.25) is 0 Å². The Balaban J connectivity index is 1.37. The number of hydrogen-bond acceptors (Lipinski definition) is 3. The van der Waals surface area contributed by atoms with Gasteiger partial charge < -0.3 is 19.9 Å². The second kappa shape index (κ2) is 6.78. The number of amides is 2. The van der Waals surface area contributed by atoms with Gasteiger partial charge in [-0.3, -0.25) is 0 Å². The molecule has 0 saturated carbocycles. The van der Waals surface area contributed by atoms with Gasteiger partial charge in [0.15, 0.2) is 0 Å². The summed E-state index contributed by atoms with van der Waals surface area (Å²) in [7, 11) is 1.70. The van der Waals surface area contributed by atoms with E-state index in [2.05, 4.69) is 21.4 Å². The number of aromatic amines is 1. The summed E-state index contributed by atoms with van der Waals surface area (Å²) in [6, 6.07) is 6.22. The Morgan fingerprint density at radius 1 is 1.32 bits per heavy atom. The molecule has 2 N–H and O–H groups in total. The lowest BCUT2D eigenvalue weighted by atomic mass is 9.94. The van der Waals surface area contributed by atoms with Crippen molar-refractivity contribution in [1.29, 1.82) is 0 Å². The largest absolute Gasteiger partial charge is 0.496 e. The predicted molar refractivity (Wildman–Crippen MR) is 94.7 cm³/mol. The van der Waals surface area contributed by atoms with Crippen molar-refractivity contribution >= 4 is 6.03 Å². The van der Waals surface area contributed by atoms with Crippen LogP contribution in [0.4, 0.5) is 4.79 Å². The molecule has 0 unspecified atom stereocenters. The van der Waals surface area contributed by atoms with Crippen molar-refractivity contribution in [2.75, 3.05) is 20.2 Å². The highest BCUT2D eigenvalue weighted by Gasteiger charge is 2.29. The molecule has 2 heterocycles. The maximum absolute atomic E-state index is 12.7. The Bertz CT molecular complexity index is 736. The van der Waals surface area contributed by atoms with Gasteiger partial charge in [0.05, 0.1) is 19.5 Å². The van der Waals surface area contributed by atoms with Gasteiger partial charge >= 0.3 is 6.03 Å². The third kappa shape index (κ3) is 3.08. The molecule has 0 spiro atoms. The monoisotopic (exact) mass is 340 g/mol. The molecule has 1 fully saturated rings. The minimum Gasteiger partial charge on any atom is -0.496 e. The topological polar surface area (TPSA) is 70.2 Å². The summed E-state index contributed by atoms with van der Waals surface area (Å²) < 4.78 is 5.44. The zero-order chi connectivity index (χ0) is 17.2. The van der Waals surface area contributed by atoms with Crippen molar-refractivity contribution < 1.29 is 9.53 Å². The number of ether oxygens (including phenoxy) is 1. The third-order valence-corrected chi connectivity index (χ3v) is 5.49. The lowest BCUT2D eigenvalue weighted by Gasteiger charge is -2.32. The Hall–Kier alpha value is -2.50. The highest BCUT2D eigenvalue weighted by Crippen LogP contribution is 2.37. The van der Waals surface area contributed by atoms with Crippen molar-refractivity contribution in [2.24, 2.45) is 0 Å². The normalized spacial score (nSPS) is 20.4. The molecule has 132 valence electrons. The van der Waals surface area contributed by atoms with Crippen LogP contribution in [0, 0.1) is 0 Å². The fraction of sp³-hybridized carbons (Fsp3) is 0.474. The number of fused-ring (bicyclic) bond motifs is 1. The van der Waals surface area contributed by atoms with Crippen LogP contribution in [-0.2, 0) is 6.42 Å². The number of benzene rings is 1. The molecule has 1 aromatic carbocycles. The van der Waals surface area contributed by atoms with E-state index in [1.807, 2.05) is 23.2 Å². The number of urea groups is 1. The lowest BCUT2D eigenvalue weighted by molar-refractivity contribution is 0.177. The Labute approximate surface area is 147 Å². The number of carbonyl (C=O) groups is 1. The van der Waals surface area contributed by atoms with E-state index in [1.165, 1.54) is 16.8 Å². The fourth-order valence-electron chi connectivity index (χ4n) is 4.09. The van der Waals surface area contributed by atoms with Crippen LogP contribution in [0.25, 0.3) is 0 Å². The van der Waals surface area contributed by atoms with Gasteiger partial charge in [0, 0.05) is 30.9 Å². The number of hydrogen-bond donors (Lipinski definition) is 2. The first-order valence-corrected chi connectivity index (χ1v) is 8.95. The van der Waals surface area contributed by atoms with E-state index in [4.69, 9.17) is 4.74 Å². The molecule has 1 aromatic heterocycles. The van der Waals surface area contributed by atoms with E-state index in [1.54, 1.807) is 13.4 Å². The van der Waals surface area contributed by atoms with E-state index in [0.29, 0.717) is 5.92 Å². The molecule has 2 aromatic rings. The number of nitrogens with one attached hydrogen (secondary N) is 2. The van der Waals surface area contributed by atoms with Crippen molar-refractivity contribution in [3.8, 4) is 5.75 Å². The van der Waals surface area contributed by atoms with Crippen LogP contribution in [0.3, 0.4) is 0 Å². The van der Waals surface area contributed by atoms with Crippen molar-refractivity contribution in [2.45, 2.75) is 37.6 Å². The van der Waals surface area contributed by atoms with Crippen molar-refractivity contribution in [1.82, 2.24) is 20.2 Å². The van der Waals surface area contributed by atoms with Crippen LogP contribution in [0.5, 0.6) is 5.75 Å². The maximum atomic E-state index is 12.7. The highest BCUT2D eigenvalue weighted by atomic mass is 16.5. The zero-order valence-electron chi connectivity index (χ0n) is 14.5. The second-order valence-electron chi connectivity index (χ2n) is 6.84. The number of H-pyrrole nitrogens is 1. The number of carbonyl (C=O) groups excluding carboxylic acids is 1. The van der Waals surface area contributed by atoms with E-state index in [0.717, 1.165) is 44.5 Å². The molecule has 2 amide bonds. The minimum atomic E-state index is 0.0451. The minimum absolute atomic E-state index is 0.0451. The summed E-state index contributed by atoms with van der Waals surface area (Å²) in [4.78, 5) is 21.9. The Morgan fingerprint density at radius 3 is 2.88 bits per heavy atom. The third-order valence-electron chi connectivity index (χ3n) is 5.49. The molecule has 1 saturated heterocycles. The molecule has 1 aliphatic carbocycles. The summed E-state index contributed by atoms with van der Waals surface area (Å²) in [5.74, 6) is 1.40. The first-order chi connectivity index (χ1) is 12.3. The molecule has 0 radical (unpaired) electrons. The van der Waals surface area contributed by atoms with Gasteiger partial charge in [-0.25, -0.2) is 9.78 Å². The van der Waals surface area contributed by atoms with Gasteiger partial charge in [0.1, 0.15) is 5.75 Å². The van der Waals surface area contributed by atoms with E-state index < -0.39 is 0 Å². The van der Waals surface area contributed by atoms with E-state index in [-0.39, 0.29) is 12.1 Å². The first kappa shape index (κ1) is 16.0. The summed E-state index contributed by atoms with van der Waals surface area (Å²) in [6.07, 6.45) is 7.46. The summed E-state index contributed by atoms with van der Waals surface area (Å²) in [6.45, 7) is 1.57. The SMILES string of the molecule is COc1cccc2c1CC[C@@H]2NC(=O)N1CCC(c2cnc[nH]2)CC1. The number of rotatable bonds is 3. The number of methoxy groups -OCH3 is 1. The molecule has 6 heteroatoms. The molecule has 0 bridgehead atoms. The Kier molecular flexibility index (Phi) is 4.34. The average molecular weight is 340 g/mol. The number of nitrogens with zero attached hydrogens (tertiary/aromatic N) is 2. The van der Waals surface area contributed by atoms with Crippen LogP contribution in [-0.4, -0.2) is 41.1 Å². The van der Waals surface area contributed by atoms with Gasteiger partial charge in [-0.05, 0) is 42.9 Å². The molecule has 4 rings (SSSR count). The molecule has 2 aliphatic rings. The van der Waals surface area contributed by atoms with Gasteiger partial charge in [0.2, 0.25) is 0 Å². The lowest BCUT2D eigenvalue weighted by Crippen LogP contribution is -2.45. The summed E-state index contributed by atoms with van der Waals surface area (Å²) in [5.41, 5.74) is 3.60. The fourth-order valence-corrected chi connectivity index (χ4v) is 4.09. The van der Waals surface area contributed by atoms with Crippen LogP contribution in [0.1, 0.15) is 48.0 Å². The molecular formula is C19H24N4O2. The van der Waals surface area contributed by atoms with Crippen molar-refractivity contribution in [3.05, 3.63) is 47.5 Å². The first-order valence-electron chi connectivity index (χ1n) is 8.95. The zero-order valence-corrected chi connectivity index (χ0v) is 14.5. The second-order valence-corrected chi connectivity index (χ2v) is 6.84. The average Bonchev–Trinajstić information content (AvgIpc) is 3.32. The highest BCUT2D eigenvalue weighted by molar-refractivity contribution is 5.75. The van der Waals surface area contributed by atoms with Gasteiger partial charge in [-0.15, -0.1) is 0 Å². The maximum Gasteiger partial charge on any atom is 0.317 e. The van der Waals surface area contributed by atoms with Crippen molar-refractivity contribution in [3.63, 3.8) is 0 Å². The molecule has 25 heavy (non-hydrogen) atoms. The van der Waals surface area contributed by atoms with E-state index in [9.17, 15) is 4.79 Å². The van der Waals surface area contributed by atoms with Gasteiger partial charge in [-0.1, -0.05) is 12.1 Å². The predicted octanol–water partition coefficient (Wildman–Crippen LogP) is 2.99. The van der Waals surface area contributed by atoms with Gasteiger partial charge in [0.25, 0.3) is 0 Å². The summed E-state index contributed by atoms with van der Waals surface area (Å²) >= 11 is 0. The molecular weight excluding hydrogens is 316 g/mol. The molecule has 6 nitrogen and oxygen atoms in total. The van der Waals surface area contributed by atoms with Crippen LogP contribution in [0.15, 0.2) is 30.7 Å². The standard InChI is InChI=1S/C19H24N4O2/c1-25-18-4-2-3-14-15(18)5-6-16(14)22-19(24)23-9-7-13(8-10-23)17-11-20-12-21-17/h2-4,11-13,16H,5-10H2,1H3,(H,20,21)(H,22,24)/t16-/m0/s1. The van der Waals surface area contributed by atoms with Gasteiger partial charge in [-0.2, -0.15) is 0 Å². The number of likely N-dealkylation sites (tertiary alicyclic amines) is 1. The number of aromatic nitrogens is 2. The molecule has 1 aliphatic heterocycles. The van der Waals surface area contributed by atoms with Crippen LogP contribution >= 0.6 is 0 Å². The quantitative estimate of drug-likeness (QED) is 0.902. The number of piperidine rings is 1.